The summed E-state index contributed by atoms with van der Waals surface area (Å²) in [6.45, 7) is 0.490. The van der Waals surface area contributed by atoms with Crippen molar-refractivity contribution in [3.63, 3.8) is 0 Å². The molecular weight excluding hydrogens is 265 g/mol. The van der Waals surface area contributed by atoms with E-state index in [1.54, 1.807) is 18.3 Å². The molecule has 0 fully saturated rings. The van der Waals surface area contributed by atoms with Gasteiger partial charge in [0.15, 0.2) is 0 Å². The maximum Gasteiger partial charge on any atom is 0.213 e. The lowest BCUT2D eigenvalue weighted by molar-refractivity contribution is 0.294. The lowest BCUT2D eigenvalue weighted by Gasteiger charge is -2.06. The van der Waals surface area contributed by atoms with Crippen LogP contribution in [-0.2, 0) is 6.61 Å². The van der Waals surface area contributed by atoms with Gasteiger partial charge in [-0.15, -0.1) is 0 Å². The van der Waals surface area contributed by atoms with Crippen molar-refractivity contribution >= 4 is 0 Å². The zero-order valence-electron chi connectivity index (χ0n) is 11.4. The Kier molecular flexibility index (Phi) is 3.92. The zero-order chi connectivity index (χ0) is 14.5. The Bertz CT molecular complexity index is 694. The molecule has 0 spiro atoms. The van der Waals surface area contributed by atoms with Crippen LogP contribution in [0.2, 0.25) is 0 Å². The molecule has 2 aromatic carbocycles. The Balaban J connectivity index is 1.68. The van der Waals surface area contributed by atoms with E-state index in [-0.39, 0.29) is 5.82 Å². The molecule has 3 aromatic rings. The normalized spacial score (nSPS) is 10.3. The van der Waals surface area contributed by atoms with Gasteiger partial charge in [-0.25, -0.2) is 9.37 Å². The molecule has 0 amide bonds. The van der Waals surface area contributed by atoms with Crippen LogP contribution >= 0.6 is 0 Å². The highest BCUT2D eigenvalue weighted by Gasteiger charge is 2.01. The zero-order valence-corrected chi connectivity index (χ0v) is 11.4. The van der Waals surface area contributed by atoms with Gasteiger partial charge in [-0.05, 0) is 29.3 Å². The summed E-state index contributed by atoms with van der Waals surface area (Å²) in [7, 11) is 0. The summed E-state index contributed by atoms with van der Waals surface area (Å²) < 4.78 is 18.5. The fourth-order valence-electron chi connectivity index (χ4n) is 2.01. The molecule has 0 saturated heterocycles. The quantitative estimate of drug-likeness (QED) is 0.703. The van der Waals surface area contributed by atoms with Crippen LogP contribution in [-0.4, -0.2) is 4.98 Å². The SMILES string of the molecule is Fc1ccc(-c2ccc(OCc3ccccc3)nc2)cc1. The first kappa shape index (κ1) is 13.3. The third kappa shape index (κ3) is 3.45. The van der Waals surface area contributed by atoms with Crippen molar-refractivity contribution in [1.82, 2.24) is 4.98 Å². The third-order valence-corrected chi connectivity index (χ3v) is 3.14. The van der Waals surface area contributed by atoms with E-state index in [2.05, 4.69) is 4.98 Å². The number of benzene rings is 2. The van der Waals surface area contributed by atoms with E-state index in [4.69, 9.17) is 4.74 Å². The van der Waals surface area contributed by atoms with Gasteiger partial charge in [0.25, 0.3) is 0 Å². The van der Waals surface area contributed by atoms with Gasteiger partial charge in [0.05, 0.1) is 0 Å². The van der Waals surface area contributed by atoms with Crippen LogP contribution in [0.1, 0.15) is 5.56 Å². The second-order valence-corrected chi connectivity index (χ2v) is 4.67. The molecule has 0 radical (unpaired) electrons. The number of pyridine rings is 1. The summed E-state index contributed by atoms with van der Waals surface area (Å²) in [5, 5.41) is 0. The minimum atomic E-state index is -0.241. The minimum absolute atomic E-state index is 0.241. The van der Waals surface area contributed by atoms with Crippen LogP contribution in [0.25, 0.3) is 11.1 Å². The second kappa shape index (κ2) is 6.18. The van der Waals surface area contributed by atoms with Crippen LogP contribution in [0.5, 0.6) is 5.88 Å². The molecule has 0 unspecified atom stereocenters. The minimum Gasteiger partial charge on any atom is -0.473 e. The highest BCUT2D eigenvalue weighted by Crippen LogP contribution is 2.20. The monoisotopic (exact) mass is 279 g/mol. The smallest absolute Gasteiger partial charge is 0.213 e. The number of ether oxygens (including phenoxy) is 1. The van der Waals surface area contributed by atoms with Crippen molar-refractivity contribution in [2.75, 3.05) is 0 Å². The predicted octanol–water partition coefficient (Wildman–Crippen LogP) is 4.47. The van der Waals surface area contributed by atoms with Crippen LogP contribution in [0.4, 0.5) is 4.39 Å². The summed E-state index contributed by atoms with van der Waals surface area (Å²) in [5.74, 6) is 0.333. The number of nitrogens with zero attached hydrogens (tertiary/aromatic N) is 1. The molecule has 3 rings (SSSR count). The van der Waals surface area contributed by atoms with Crippen molar-refractivity contribution in [2.24, 2.45) is 0 Å². The lowest BCUT2D eigenvalue weighted by atomic mass is 10.1. The van der Waals surface area contributed by atoms with Crippen molar-refractivity contribution in [3.05, 3.63) is 84.3 Å². The average Bonchev–Trinajstić information content (AvgIpc) is 2.55. The highest BCUT2D eigenvalue weighted by atomic mass is 19.1. The number of aromatic nitrogens is 1. The maximum absolute atomic E-state index is 12.9. The van der Waals surface area contributed by atoms with Crippen molar-refractivity contribution in [1.29, 1.82) is 0 Å². The molecular formula is C18H14FNO. The molecule has 0 saturated carbocycles. The van der Waals surface area contributed by atoms with E-state index < -0.39 is 0 Å². The molecule has 2 nitrogen and oxygen atoms in total. The van der Waals surface area contributed by atoms with E-state index in [0.717, 1.165) is 16.7 Å². The lowest BCUT2D eigenvalue weighted by Crippen LogP contribution is -1.96. The topological polar surface area (TPSA) is 22.1 Å². The summed E-state index contributed by atoms with van der Waals surface area (Å²) >= 11 is 0. The van der Waals surface area contributed by atoms with E-state index in [0.29, 0.717) is 12.5 Å². The van der Waals surface area contributed by atoms with Crippen molar-refractivity contribution in [3.8, 4) is 17.0 Å². The number of hydrogen-bond donors (Lipinski definition) is 0. The Hall–Kier alpha value is -2.68. The van der Waals surface area contributed by atoms with E-state index in [1.165, 1.54) is 12.1 Å². The Morgan fingerprint density at radius 1 is 0.810 bits per heavy atom. The van der Waals surface area contributed by atoms with E-state index in [9.17, 15) is 4.39 Å². The first-order valence-electron chi connectivity index (χ1n) is 6.70. The standard InChI is InChI=1S/C18H14FNO/c19-17-9-6-15(7-10-17)16-8-11-18(20-12-16)21-13-14-4-2-1-3-5-14/h1-12H,13H2. The number of halogens is 1. The fourth-order valence-corrected chi connectivity index (χ4v) is 2.01. The van der Waals surface area contributed by atoms with Crippen LogP contribution in [0.15, 0.2) is 72.9 Å². The first-order chi connectivity index (χ1) is 10.3. The summed E-state index contributed by atoms with van der Waals surface area (Å²) in [6, 6.07) is 20.0. The molecule has 0 aliphatic carbocycles. The summed E-state index contributed by atoms with van der Waals surface area (Å²) in [4.78, 5) is 4.28. The molecule has 3 heteroatoms. The predicted molar refractivity (Wildman–Crippen MR) is 80.4 cm³/mol. The fraction of sp³-hybridized carbons (Fsp3) is 0.0556. The van der Waals surface area contributed by atoms with E-state index in [1.807, 2.05) is 42.5 Å². The molecule has 1 aromatic heterocycles. The molecule has 0 bridgehead atoms. The molecule has 0 N–H and O–H groups in total. The number of hydrogen-bond acceptors (Lipinski definition) is 2. The van der Waals surface area contributed by atoms with Crippen LogP contribution in [0.3, 0.4) is 0 Å². The average molecular weight is 279 g/mol. The Morgan fingerprint density at radius 3 is 2.19 bits per heavy atom. The highest BCUT2D eigenvalue weighted by molar-refractivity contribution is 5.62. The first-order valence-corrected chi connectivity index (χ1v) is 6.70. The molecule has 104 valence electrons. The van der Waals surface area contributed by atoms with Crippen molar-refractivity contribution in [2.45, 2.75) is 6.61 Å². The van der Waals surface area contributed by atoms with Crippen LogP contribution < -0.4 is 4.74 Å². The van der Waals surface area contributed by atoms with Gasteiger partial charge in [-0.1, -0.05) is 42.5 Å². The number of rotatable bonds is 4. The molecule has 1 heterocycles. The van der Waals surface area contributed by atoms with Gasteiger partial charge in [-0.2, -0.15) is 0 Å². The Morgan fingerprint density at radius 2 is 1.52 bits per heavy atom. The van der Waals surface area contributed by atoms with Gasteiger partial charge in [0, 0.05) is 17.8 Å². The summed E-state index contributed by atoms with van der Waals surface area (Å²) in [6.07, 6.45) is 1.73. The van der Waals surface area contributed by atoms with Gasteiger partial charge in [-0.3, -0.25) is 0 Å². The maximum atomic E-state index is 12.9. The van der Waals surface area contributed by atoms with Gasteiger partial charge >= 0.3 is 0 Å². The third-order valence-electron chi connectivity index (χ3n) is 3.14. The summed E-state index contributed by atoms with van der Waals surface area (Å²) in [5.41, 5.74) is 2.96. The second-order valence-electron chi connectivity index (χ2n) is 4.67. The van der Waals surface area contributed by atoms with Gasteiger partial charge in [0.2, 0.25) is 5.88 Å². The largest absolute Gasteiger partial charge is 0.473 e. The van der Waals surface area contributed by atoms with Crippen molar-refractivity contribution < 1.29 is 9.13 Å². The molecule has 0 aliphatic rings. The van der Waals surface area contributed by atoms with Gasteiger partial charge < -0.3 is 4.74 Å². The van der Waals surface area contributed by atoms with E-state index >= 15 is 0 Å². The van der Waals surface area contributed by atoms with Gasteiger partial charge in [0.1, 0.15) is 12.4 Å². The van der Waals surface area contributed by atoms with Crippen LogP contribution in [0, 0.1) is 5.82 Å². The Labute approximate surface area is 122 Å². The molecule has 0 atom stereocenters. The molecule has 0 aliphatic heterocycles. The molecule has 21 heavy (non-hydrogen) atoms.